The van der Waals surface area contributed by atoms with E-state index in [0.29, 0.717) is 23.8 Å². The molecular weight excluding hydrogens is 398 g/mol. The fourth-order valence-corrected chi connectivity index (χ4v) is 4.17. The monoisotopic (exact) mass is 425 g/mol. The van der Waals surface area contributed by atoms with Crippen molar-refractivity contribution in [1.29, 1.82) is 5.26 Å². The van der Waals surface area contributed by atoms with Gasteiger partial charge >= 0.3 is 0 Å². The summed E-state index contributed by atoms with van der Waals surface area (Å²) in [6, 6.07) is 20.2. The van der Waals surface area contributed by atoms with E-state index >= 15 is 0 Å². The van der Waals surface area contributed by atoms with Crippen LogP contribution < -0.4 is 16.0 Å². The summed E-state index contributed by atoms with van der Waals surface area (Å²) in [4.78, 5) is 13.7. The number of nitriles is 1. The quantitative estimate of drug-likeness (QED) is 0.648. The molecule has 0 amide bonds. The number of benzene rings is 2. The van der Waals surface area contributed by atoms with Crippen LogP contribution in [0.2, 0.25) is 0 Å². The van der Waals surface area contributed by atoms with Crippen molar-refractivity contribution in [2.75, 3.05) is 0 Å². The molecule has 3 aromatic rings. The lowest BCUT2D eigenvalue weighted by molar-refractivity contribution is 0.389. The van der Waals surface area contributed by atoms with Gasteiger partial charge in [-0.15, -0.1) is 0 Å². The number of ether oxygens (including phenoxy) is 1. The number of rotatable bonds is 4. The minimum atomic E-state index is -0.567. The zero-order valence-electron chi connectivity index (χ0n) is 18.8. The van der Waals surface area contributed by atoms with Crippen LogP contribution in [0.15, 0.2) is 70.8 Å². The Morgan fingerprint density at radius 1 is 1.09 bits per heavy atom. The third kappa shape index (κ3) is 3.80. The maximum Gasteiger partial charge on any atom is 0.259 e. The van der Waals surface area contributed by atoms with Crippen LogP contribution in [0.5, 0.6) is 5.75 Å². The summed E-state index contributed by atoms with van der Waals surface area (Å²) in [7, 11) is 0. The SMILES string of the molecule is Cc1ccc(Cn2c(C)cc3c(c2=O)[C@H](c2ccc(C(C)C)cc2)C(C#N)=C(N)O3)cc1. The van der Waals surface area contributed by atoms with Crippen LogP contribution in [0.3, 0.4) is 0 Å². The van der Waals surface area contributed by atoms with Crippen molar-refractivity contribution in [1.82, 2.24) is 4.57 Å². The summed E-state index contributed by atoms with van der Waals surface area (Å²) in [5.74, 6) is 0.286. The molecule has 1 aromatic heterocycles. The summed E-state index contributed by atoms with van der Waals surface area (Å²) in [5, 5.41) is 9.86. The zero-order valence-corrected chi connectivity index (χ0v) is 18.8. The number of aromatic nitrogens is 1. The number of pyridine rings is 1. The topological polar surface area (TPSA) is 81.0 Å². The van der Waals surface area contributed by atoms with Crippen molar-refractivity contribution < 1.29 is 4.74 Å². The molecule has 2 N–H and O–H groups in total. The molecule has 1 aliphatic heterocycles. The smallest absolute Gasteiger partial charge is 0.259 e. The van der Waals surface area contributed by atoms with Gasteiger partial charge in [-0.05, 0) is 36.5 Å². The van der Waals surface area contributed by atoms with Crippen LogP contribution >= 0.6 is 0 Å². The summed E-state index contributed by atoms with van der Waals surface area (Å²) in [5.41, 5.74) is 11.7. The minimum absolute atomic E-state index is 0.0491. The van der Waals surface area contributed by atoms with Crippen LogP contribution in [-0.2, 0) is 6.54 Å². The lowest BCUT2D eigenvalue weighted by atomic mass is 9.83. The molecule has 5 heteroatoms. The molecule has 32 heavy (non-hydrogen) atoms. The largest absolute Gasteiger partial charge is 0.440 e. The van der Waals surface area contributed by atoms with E-state index in [1.807, 2.05) is 68.4 Å². The van der Waals surface area contributed by atoms with Crippen molar-refractivity contribution in [3.63, 3.8) is 0 Å². The first-order valence-electron chi connectivity index (χ1n) is 10.8. The van der Waals surface area contributed by atoms with E-state index in [2.05, 4.69) is 19.9 Å². The Balaban J connectivity index is 1.88. The summed E-state index contributed by atoms with van der Waals surface area (Å²) >= 11 is 0. The van der Waals surface area contributed by atoms with Crippen LogP contribution in [0, 0.1) is 25.2 Å². The van der Waals surface area contributed by atoms with Crippen molar-refractivity contribution in [2.45, 2.75) is 46.1 Å². The Bertz CT molecular complexity index is 1290. The summed E-state index contributed by atoms with van der Waals surface area (Å²) < 4.78 is 7.49. The van der Waals surface area contributed by atoms with Crippen molar-refractivity contribution in [2.24, 2.45) is 5.73 Å². The van der Waals surface area contributed by atoms with E-state index in [1.54, 1.807) is 4.57 Å². The molecule has 0 unspecified atom stereocenters. The third-order valence-corrected chi connectivity index (χ3v) is 6.09. The van der Waals surface area contributed by atoms with Gasteiger partial charge < -0.3 is 15.0 Å². The number of fused-ring (bicyclic) bond motifs is 1. The van der Waals surface area contributed by atoms with Gasteiger partial charge in [0.05, 0.1) is 18.0 Å². The van der Waals surface area contributed by atoms with E-state index in [4.69, 9.17) is 10.5 Å². The second kappa shape index (κ2) is 8.39. The molecule has 0 spiro atoms. The second-order valence-electron chi connectivity index (χ2n) is 8.69. The first-order valence-corrected chi connectivity index (χ1v) is 10.8. The lowest BCUT2D eigenvalue weighted by Gasteiger charge is -2.27. The molecular formula is C27H27N3O2. The number of nitrogens with zero attached hydrogens (tertiary/aromatic N) is 2. The summed E-state index contributed by atoms with van der Waals surface area (Å²) in [6.45, 7) is 8.62. The first-order chi connectivity index (χ1) is 15.3. The zero-order chi connectivity index (χ0) is 23.0. The summed E-state index contributed by atoms with van der Waals surface area (Å²) in [6.07, 6.45) is 0. The van der Waals surface area contributed by atoms with Crippen LogP contribution in [0.4, 0.5) is 0 Å². The van der Waals surface area contributed by atoms with Gasteiger partial charge in [-0.3, -0.25) is 4.79 Å². The molecule has 0 aliphatic carbocycles. The Morgan fingerprint density at radius 3 is 2.34 bits per heavy atom. The Morgan fingerprint density at radius 2 is 1.75 bits per heavy atom. The maximum atomic E-state index is 13.7. The molecule has 0 saturated heterocycles. The number of aryl methyl sites for hydroxylation is 2. The van der Waals surface area contributed by atoms with Crippen LogP contribution in [0.25, 0.3) is 0 Å². The molecule has 162 valence electrons. The van der Waals surface area contributed by atoms with Gasteiger partial charge in [-0.2, -0.15) is 5.26 Å². The van der Waals surface area contributed by atoms with Gasteiger partial charge in [0.15, 0.2) is 0 Å². The average molecular weight is 426 g/mol. The van der Waals surface area contributed by atoms with Gasteiger partial charge in [0, 0.05) is 11.8 Å². The normalized spacial score (nSPS) is 15.3. The van der Waals surface area contributed by atoms with Crippen molar-refractivity contribution in [3.05, 3.63) is 110 Å². The fourth-order valence-electron chi connectivity index (χ4n) is 4.17. The van der Waals surface area contributed by atoms with E-state index < -0.39 is 5.92 Å². The molecule has 0 fully saturated rings. The van der Waals surface area contributed by atoms with E-state index in [1.165, 1.54) is 11.1 Å². The molecule has 4 rings (SSSR count). The van der Waals surface area contributed by atoms with Gasteiger partial charge in [0.1, 0.15) is 17.4 Å². The fraction of sp³-hybridized carbons (Fsp3) is 0.259. The molecule has 5 nitrogen and oxygen atoms in total. The lowest BCUT2D eigenvalue weighted by Crippen LogP contribution is -2.33. The minimum Gasteiger partial charge on any atom is -0.440 e. The van der Waals surface area contributed by atoms with E-state index in [-0.39, 0.29) is 17.0 Å². The molecule has 1 atom stereocenters. The number of allylic oxidation sites excluding steroid dienone is 1. The predicted molar refractivity (Wildman–Crippen MR) is 126 cm³/mol. The molecule has 0 bridgehead atoms. The Labute approximate surface area is 188 Å². The van der Waals surface area contributed by atoms with Gasteiger partial charge in [0.25, 0.3) is 5.56 Å². The number of nitrogens with two attached hydrogens (primary N) is 1. The predicted octanol–water partition coefficient (Wildman–Crippen LogP) is 4.86. The van der Waals surface area contributed by atoms with Gasteiger partial charge in [-0.1, -0.05) is 67.9 Å². The highest BCUT2D eigenvalue weighted by Crippen LogP contribution is 2.40. The molecule has 0 saturated carbocycles. The van der Waals surface area contributed by atoms with Crippen molar-refractivity contribution >= 4 is 0 Å². The molecule has 2 aromatic carbocycles. The standard InChI is InChI=1S/C27H27N3O2/c1-16(2)20-9-11-21(12-10-20)24-22(14-28)26(29)32-23-13-18(4)30(27(31)25(23)24)15-19-7-5-17(3)6-8-19/h5-13,16,24H,15,29H2,1-4H3/t24-/m1/s1. The average Bonchev–Trinajstić information content (AvgIpc) is 2.77. The Kier molecular flexibility index (Phi) is 5.63. The van der Waals surface area contributed by atoms with Crippen molar-refractivity contribution in [3.8, 4) is 11.8 Å². The number of hydrogen-bond acceptors (Lipinski definition) is 4. The number of hydrogen-bond donors (Lipinski definition) is 1. The van der Waals surface area contributed by atoms with Gasteiger partial charge in [0.2, 0.25) is 5.88 Å². The highest BCUT2D eigenvalue weighted by molar-refractivity contribution is 5.55. The van der Waals surface area contributed by atoms with Crippen LogP contribution in [0.1, 0.15) is 59.2 Å². The molecule has 0 radical (unpaired) electrons. The highest BCUT2D eigenvalue weighted by atomic mass is 16.5. The first kappa shape index (κ1) is 21.5. The van der Waals surface area contributed by atoms with E-state index in [0.717, 1.165) is 16.8 Å². The second-order valence-corrected chi connectivity index (χ2v) is 8.69. The highest BCUT2D eigenvalue weighted by Gasteiger charge is 2.34. The Hall–Kier alpha value is -3.78. The third-order valence-electron chi connectivity index (χ3n) is 6.09. The maximum absolute atomic E-state index is 13.7. The van der Waals surface area contributed by atoms with E-state index in [9.17, 15) is 10.1 Å². The molecule has 1 aliphatic rings. The van der Waals surface area contributed by atoms with Gasteiger partial charge in [-0.25, -0.2) is 0 Å². The molecule has 2 heterocycles. The van der Waals surface area contributed by atoms with Crippen LogP contribution in [-0.4, -0.2) is 4.57 Å².